The molecule has 0 bridgehead atoms. The summed E-state index contributed by atoms with van der Waals surface area (Å²) >= 11 is 0. The Bertz CT molecular complexity index is 3190. The zero-order valence-corrected chi connectivity index (χ0v) is 28.1. The van der Waals surface area contributed by atoms with E-state index in [4.69, 9.17) is 9.97 Å². The Labute approximate surface area is 299 Å². The fraction of sp³-hybridized carbons (Fsp3) is 0. The minimum absolute atomic E-state index is 0.709. The Hall–Kier alpha value is -7.04. The van der Waals surface area contributed by atoms with E-state index in [9.17, 15) is 0 Å². The average molecular weight is 663 g/mol. The molecule has 0 N–H and O–H groups in total. The van der Waals surface area contributed by atoms with Crippen molar-refractivity contribution in [1.29, 1.82) is 0 Å². The van der Waals surface area contributed by atoms with Gasteiger partial charge in [0.2, 0.25) is 0 Å². The third kappa shape index (κ3) is 4.34. The van der Waals surface area contributed by atoms with Crippen LogP contribution in [0.1, 0.15) is 0 Å². The molecule has 242 valence electrons. The predicted octanol–water partition coefficient (Wildman–Crippen LogP) is 12.3. The van der Waals surface area contributed by atoms with Gasteiger partial charge < -0.3 is 9.13 Å². The highest BCUT2D eigenvalue weighted by Gasteiger charge is 2.19. The summed E-state index contributed by atoms with van der Waals surface area (Å²) in [6, 6.07) is 64.9. The molecule has 0 radical (unpaired) electrons. The van der Waals surface area contributed by atoms with Gasteiger partial charge in [0.25, 0.3) is 0 Å². The first-order valence-electron chi connectivity index (χ1n) is 17.7. The number of benzene rings is 8. The molecule has 11 aromatic rings. The van der Waals surface area contributed by atoms with E-state index < -0.39 is 0 Å². The van der Waals surface area contributed by atoms with Gasteiger partial charge in [-0.2, -0.15) is 0 Å². The number of aromatic nitrogens is 4. The van der Waals surface area contributed by atoms with E-state index in [1.54, 1.807) is 0 Å². The van der Waals surface area contributed by atoms with Gasteiger partial charge in [0.1, 0.15) is 0 Å². The summed E-state index contributed by atoms with van der Waals surface area (Å²) in [5.41, 5.74) is 10.9. The number of hydrogen-bond acceptors (Lipinski definition) is 2. The van der Waals surface area contributed by atoms with Gasteiger partial charge in [0.05, 0.1) is 33.3 Å². The normalized spacial score (nSPS) is 11.8. The van der Waals surface area contributed by atoms with Crippen molar-refractivity contribution in [3.8, 4) is 34.0 Å². The molecule has 0 saturated heterocycles. The van der Waals surface area contributed by atoms with Crippen molar-refractivity contribution in [3.63, 3.8) is 0 Å². The molecule has 0 aliphatic heterocycles. The Morgan fingerprint density at radius 2 is 0.904 bits per heavy atom. The molecule has 0 saturated carbocycles. The summed E-state index contributed by atoms with van der Waals surface area (Å²) in [5.74, 6) is 0.709. The summed E-state index contributed by atoms with van der Waals surface area (Å²) in [4.78, 5) is 10.3. The largest absolute Gasteiger partial charge is 0.309 e. The van der Waals surface area contributed by atoms with Crippen LogP contribution in [0.3, 0.4) is 0 Å². The molecule has 4 nitrogen and oxygen atoms in total. The Balaban J connectivity index is 1.15. The Kier molecular flexibility index (Phi) is 6.22. The zero-order valence-electron chi connectivity index (χ0n) is 28.1. The van der Waals surface area contributed by atoms with E-state index in [-0.39, 0.29) is 0 Å². The van der Waals surface area contributed by atoms with Crippen molar-refractivity contribution >= 4 is 65.3 Å². The number of hydrogen-bond donors (Lipinski definition) is 0. The van der Waals surface area contributed by atoms with E-state index >= 15 is 0 Å². The van der Waals surface area contributed by atoms with Crippen molar-refractivity contribution in [2.45, 2.75) is 0 Å². The maximum Gasteiger partial charge on any atom is 0.160 e. The van der Waals surface area contributed by atoms with Crippen LogP contribution in [0.4, 0.5) is 0 Å². The van der Waals surface area contributed by atoms with E-state index in [1.165, 1.54) is 43.4 Å². The van der Waals surface area contributed by atoms with Crippen LogP contribution in [-0.4, -0.2) is 19.1 Å². The average Bonchev–Trinajstić information content (AvgIpc) is 3.71. The van der Waals surface area contributed by atoms with Gasteiger partial charge >= 0.3 is 0 Å². The highest BCUT2D eigenvalue weighted by Crippen LogP contribution is 2.40. The van der Waals surface area contributed by atoms with Crippen molar-refractivity contribution in [2.75, 3.05) is 0 Å². The number of rotatable bonds is 4. The van der Waals surface area contributed by atoms with E-state index in [1.807, 2.05) is 12.1 Å². The Morgan fingerprint density at radius 3 is 1.63 bits per heavy atom. The highest BCUT2D eigenvalue weighted by atomic mass is 15.0. The topological polar surface area (TPSA) is 35.6 Å². The van der Waals surface area contributed by atoms with Gasteiger partial charge in [-0.25, -0.2) is 9.97 Å². The second kappa shape index (κ2) is 11.2. The molecule has 4 heteroatoms. The third-order valence-corrected chi connectivity index (χ3v) is 10.5. The molecule has 11 rings (SSSR count). The predicted molar refractivity (Wildman–Crippen MR) is 217 cm³/mol. The summed E-state index contributed by atoms with van der Waals surface area (Å²) < 4.78 is 4.82. The smallest absolute Gasteiger partial charge is 0.160 e. The summed E-state index contributed by atoms with van der Waals surface area (Å²) in [6.45, 7) is 0. The molecular weight excluding hydrogens is 633 g/mol. The minimum atomic E-state index is 0.709. The van der Waals surface area contributed by atoms with Crippen LogP contribution in [0.25, 0.3) is 99.3 Å². The van der Waals surface area contributed by atoms with Crippen LogP contribution in [0, 0.1) is 0 Å². The molecule has 0 aliphatic carbocycles. The number of fused-ring (bicyclic) bond motifs is 8. The minimum Gasteiger partial charge on any atom is -0.309 e. The molecule has 3 heterocycles. The molecule has 52 heavy (non-hydrogen) atoms. The monoisotopic (exact) mass is 662 g/mol. The van der Waals surface area contributed by atoms with E-state index in [0.29, 0.717) is 5.82 Å². The van der Waals surface area contributed by atoms with Crippen LogP contribution < -0.4 is 0 Å². The number of para-hydroxylation sites is 3. The summed E-state index contributed by atoms with van der Waals surface area (Å²) in [5, 5.41) is 8.40. The summed E-state index contributed by atoms with van der Waals surface area (Å²) in [7, 11) is 0. The van der Waals surface area contributed by atoms with Crippen LogP contribution in [0.15, 0.2) is 182 Å². The first-order chi connectivity index (χ1) is 25.8. The lowest BCUT2D eigenvalue weighted by atomic mass is 10.1. The molecule has 0 aliphatic rings. The molecule has 0 spiro atoms. The first kappa shape index (κ1) is 28.8. The second-order valence-corrected chi connectivity index (χ2v) is 13.5. The lowest BCUT2D eigenvalue weighted by Gasteiger charge is -2.12. The molecule has 8 aromatic carbocycles. The van der Waals surface area contributed by atoms with E-state index in [0.717, 1.165) is 50.1 Å². The molecule has 0 fully saturated rings. The quantitative estimate of drug-likeness (QED) is 0.188. The lowest BCUT2D eigenvalue weighted by molar-refractivity contribution is 1.17. The maximum absolute atomic E-state index is 5.19. The van der Waals surface area contributed by atoms with Crippen LogP contribution in [-0.2, 0) is 0 Å². The number of nitrogens with zero attached hydrogens (tertiary/aromatic N) is 4. The molecular formula is C48H30N4. The van der Waals surface area contributed by atoms with Crippen LogP contribution in [0.2, 0.25) is 0 Å². The highest BCUT2D eigenvalue weighted by molar-refractivity contribution is 6.19. The third-order valence-electron chi connectivity index (χ3n) is 10.5. The van der Waals surface area contributed by atoms with Gasteiger partial charge in [-0.3, -0.25) is 0 Å². The molecule has 0 amide bonds. The van der Waals surface area contributed by atoms with Crippen molar-refractivity contribution < 1.29 is 0 Å². The van der Waals surface area contributed by atoms with Crippen molar-refractivity contribution in [1.82, 2.24) is 19.1 Å². The van der Waals surface area contributed by atoms with Gasteiger partial charge in [0, 0.05) is 49.4 Å². The van der Waals surface area contributed by atoms with Gasteiger partial charge in [-0.05, 0) is 65.4 Å². The van der Waals surface area contributed by atoms with Crippen LogP contribution >= 0.6 is 0 Å². The molecule has 0 unspecified atom stereocenters. The second-order valence-electron chi connectivity index (χ2n) is 13.5. The fourth-order valence-electron chi connectivity index (χ4n) is 8.11. The van der Waals surface area contributed by atoms with Crippen molar-refractivity contribution in [2.24, 2.45) is 0 Å². The Morgan fingerprint density at radius 1 is 0.327 bits per heavy atom. The fourth-order valence-corrected chi connectivity index (χ4v) is 8.11. The first-order valence-corrected chi connectivity index (χ1v) is 17.7. The van der Waals surface area contributed by atoms with Gasteiger partial charge in [-0.15, -0.1) is 0 Å². The lowest BCUT2D eigenvalue weighted by Crippen LogP contribution is -1.98. The van der Waals surface area contributed by atoms with Crippen LogP contribution in [0.5, 0.6) is 0 Å². The SMILES string of the molecule is c1ccc(-c2nc(-c3cccc(-n4c5ccccc5c5cc6c(cc54)c4ccccc4n6-c4ccc5ccccc5c4)c3)nc3ccccc23)cc1. The molecule has 3 aromatic heterocycles. The maximum atomic E-state index is 5.19. The standard InChI is InChI=1S/C48H30N4/c1-2-14-32(15-3-1)47-39-21-6-9-22-42(39)49-48(50-47)34-17-12-18-35(28-34)51-43-23-10-7-19-37(43)40-30-46-41(29-45(40)51)38-20-8-11-24-44(38)52(46)36-26-25-31-13-4-5-16-33(31)27-36/h1-30H. The van der Waals surface area contributed by atoms with Gasteiger partial charge in [0.15, 0.2) is 5.82 Å². The summed E-state index contributed by atoms with van der Waals surface area (Å²) in [6.07, 6.45) is 0. The van der Waals surface area contributed by atoms with Gasteiger partial charge in [-0.1, -0.05) is 127 Å². The zero-order chi connectivity index (χ0) is 34.2. The van der Waals surface area contributed by atoms with E-state index in [2.05, 4.69) is 179 Å². The van der Waals surface area contributed by atoms with Crippen molar-refractivity contribution in [3.05, 3.63) is 182 Å². The molecule has 0 atom stereocenters.